The van der Waals surface area contributed by atoms with E-state index >= 15 is 0 Å². The van der Waals surface area contributed by atoms with Gasteiger partial charge in [0.15, 0.2) is 5.13 Å². The molecule has 0 amide bonds. The molecular weight excluding hydrogens is 276 g/mol. The molecule has 1 atom stereocenters. The van der Waals surface area contributed by atoms with Crippen LogP contribution in [0.3, 0.4) is 0 Å². The summed E-state index contributed by atoms with van der Waals surface area (Å²) < 4.78 is 5.11. The number of hydrogen-bond donors (Lipinski definition) is 2. The van der Waals surface area contributed by atoms with Gasteiger partial charge in [-0.05, 0) is 0 Å². The molecule has 1 heterocycles. The molecule has 0 saturated heterocycles. The highest BCUT2D eigenvalue weighted by atomic mass is 32.1. The fourth-order valence-corrected chi connectivity index (χ4v) is 2.46. The van der Waals surface area contributed by atoms with E-state index in [1.165, 1.54) is 18.4 Å². The largest absolute Gasteiger partial charge is 0.481 e. The first kappa shape index (κ1) is 14.5. The van der Waals surface area contributed by atoms with Gasteiger partial charge in [-0.3, -0.25) is 4.79 Å². The van der Waals surface area contributed by atoms with Crippen LogP contribution in [0, 0.1) is 0 Å². The lowest BCUT2D eigenvalue weighted by Gasteiger charge is -2.12. The van der Waals surface area contributed by atoms with Gasteiger partial charge in [-0.1, -0.05) is 30.3 Å². The topological polar surface area (TPSA) is 71.5 Å². The third-order valence-electron chi connectivity index (χ3n) is 2.79. The van der Waals surface area contributed by atoms with Gasteiger partial charge in [0.25, 0.3) is 0 Å². The molecule has 2 rings (SSSR count). The van der Waals surface area contributed by atoms with Crippen LogP contribution >= 0.6 is 11.3 Å². The van der Waals surface area contributed by atoms with Gasteiger partial charge in [0.1, 0.15) is 0 Å². The maximum absolute atomic E-state index is 10.6. The number of aliphatic carboxylic acids is 1. The molecule has 0 saturated carbocycles. The van der Waals surface area contributed by atoms with Crippen LogP contribution in [0.1, 0.15) is 6.42 Å². The Hall–Kier alpha value is -1.92. The summed E-state index contributed by atoms with van der Waals surface area (Å²) in [5.74, 6) is -0.872. The highest BCUT2D eigenvalue weighted by Gasteiger charge is 2.13. The average molecular weight is 292 g/mol. The number of anilines is 1. The first-order chi connectivity index (χ1) is 9.69. The number of carbonyl (C=O) groups is 1. The summed E-state index contributed by atoms with van der Waals surface area (Å²) in [5, 5.41) is 14.6. The molecule has 0 bridgehead atoms. The van der Waals surface area contributed by atoms with E-state index in [2.05, 4.69) is 10.3 Å². The van der Waals surface area contributed by atoms with Gasteiger partial charge >= 0.3 is 5.97 Å². The highest BCUT2D eigenvalue weighted by molar-refractivity contribution is 7.14. The van der Waals surface area contributed by atoms with Gasteiger partial charge in [0.05, 0.1) is 18.2 Å². The third-order valence-corrected chi connectivity index (χ3v) is 3.59. The normalized spacial score (nSPS) is 12.1. The molecule has 1 unspecified atom stereocenters. The number of benzene rings is 1. The van der Waals surface area contributed by atoms with Gasteiger partial charge in [-0.2, -0.15) is 0 Å². The Labute approximate surface area is 121 Å². The van der Waals surface area contributed by atoms with Gasteiger partial charge in [-0.15, -0.1) is 11.3 Å². The van der Waals surface area contributed by atoms with Crippen molar-refractivity contribution in [2.45, 2.75) is 12.5 Å². The van der Waals surface area contributed by atoms with E-state index in [0.29, 0.717) is 6.54 Å². The van der Waals surface area contributed by atoms with Crippen LogP contribution in [-0.2, 0) is 9.53 Å². The Morgan fingerprint density at radius 2 is 2.20 bits per heavy atom. The summed E-state index contributed by atoms with van der Waals surface area (Å²) in [6, 6.07) is 9.90. The van der Waals surface area contributed by atoms with Crippen molar-refractivity contribution in [1.29, 1.82) is 0 Å². The van der Waals surface area contributed by atoms with E-state index in [-0.39, 0.29) is 12.5 Å². The Kier molecular flexibility index (Phi) is 5.09. The maximum atomic E-state index is 10.6. The number of aromatic nitrogens is 1. The lowest BCUT2D eigenvalue weighted by atomic mass is 10.2. The molecule has 2 aromatic rings. The molecule has 0 fully saturated rings. The zero-order chi connectivity index (χ0) is 14.4. The molecule has 20 heavy (non-hydrogen) atoms. The van der Waals surface area contributed by atoms with Crippen molar-refractivity contribution >= 4 is 22.4 Å². The molecule has 0 spiro atoms. The Morgan fingerprint density at radius 1 is 1.45 bits per heavy atom. The second-order valence-electron chi connectivity index (χ2n) is 4.24. The zero-order valence-electron chi connectivity index (χ0n) is 11.1. The summed E-state index contributed by atoms with van der Waals surface area (Å²) in [7, 11) is 1.51. The van der Waals surface area contributed by atoms with Gasteiger partial charge in [0, 0.05) is 24.6 Å². The molecule has 1 aromatic heterocycles. The van der Waals surface area contributed by atoms with Gasteiger partial charge in [0.2, 0.25) is 0 Å². The van der Waals surface area contributed by atoms with Crippen molar-refractivity contribution in [1.82, 2.24) is 4.98 Å². The second kappa shape index (κ2) is 7.02. The van der Waals surface area contributed by atoms with Crippen LogP contribution in [0.15, 0.2) is 35.7 Å². The number of methoxy groups -OCH3 is 1. The molecule has 0 aliphatic heterocycles. The van der Waals surface area contributed by atoms with Crippen molar-refractivity contribution in [2.75, 3.05) is 19.0 Å². The van der Waals surface area contributed by atoms with Gasteiger partial charge in [-0.25, -0.2) is 4.98 Å². The van der Waals surface area contributed by atoms with E-state index in [1.807, 2.05) is 35.7 Å². The minimum atomic E-state index is -0.872. The fourth-order valence-electron chi connectivity index (χ4n) is 1.73. The molecule has 0 aliphatic carbocycles. The van der Waals surface area contributed by atoms with Crippen molar-refractivity contribution in [3.63, 3.8) is 0 Å². The van der Waals surface area contributed by atoms with Crippen LogP contribution in [0.2, 0.25) is 0 Å². The molecule has 0 aliphatic rings. The molecule has 0 radical (unpaired) electrons. The predicted octanol–water partition coefficient (Wildman–Crippen LogP) is 2.71. The number of rotatable bonds is 7. The minimum Gasteiger partial charge on any atom is -0.481 e. The van der Waals surface area contributed by atoms with Crippen molar-refractivity contribution in [3.8, 4) is 11.3 Å². The summed E-state index contributed by atoms with van der Waals surface area (Å²) in [5.41, 5.74) is 1.97. The molecule has 6 heteroatoms. The molecule has 5 nitrogen and oxygen atoms in total. The van der Waals surface area contributed by atoms with Crippen LogP contribution < -0.4 is 5.32 Å². The number of carboxylic acids is 1. The molecule has 2 N–H and O–H groups in total. The van der Waals surface area contributed by atoms with Crippen molar-refractivity contribution in [2.24, 2.45) is 0 Å². The van der Waals surface area contributed by atoms with Crippen molar-refractivity contribution in [3.05, 3.63) is 35.7 Å². The lowest BCUT2D eigenvalue weighted by molar-refractivity contribution is -0.139. The number of thiazole rings is 1. The van der Waals surface area contributed by atoms with E-state index in [0.717, 1.165) is 16.4 Å². The van der Waals surface area contributed by atoms with Crippen molar-refractivity contribution < 1.29 is 14.6 Å². The van der Waals surface area contributed by atoms with Crippen LogP contribution in [-0.4, -0.2) is 35.8 Å². The average Bonchev–Trinajstić information content (AvgIpc) is 2.93. The summed E-state index contributed by atoms with van der Waals surface area (Å²) in [6.07, 6.45) is -0.392. The van der Waals surface area contributed by atoms with E-state index in [9.17, 15) is 4.79 Å². The minimum absolute atomic E-state index is 0.0274. The van der Waals surface area contributed by atoms with Gasteiger partial charge < -0.3 is 15.2 Å². The lowest BCUT2D eigenvalue weighted by Crippen LogP contribution is -2.24. The smallest absolute Gasteiger partial charge is 0.306 e. The first-order valence-corrected chi connectivity index (χ1v) is 7.06. The number of nitrogens with zero attached hydrogens (tertiary/aromatic N) is 1. The SMILES string of the molecule is COC(CNc1nc(-c2ccccc2)cs1)CC(=O)O. The molecule has 106 valence electrons. The van der Waals surface area contributed by atoms with E-state index in [1.54, 1.807) is 0 Å². The predicted molar refractivity (Wildman–Crippen MR) is 79.1 cm³/mol. The monoisotopic (exact) mass is 292 g/mol. The molecule has 1 aromatic carbocycles. The maximum Gasteiger partial charge on any atom is 0.306 e. The van der Waals surface area contributed by atoms with Crippen LogP contribution in [0.5, 0.6) is 0 Å². The summed E-state index contributed by atoms with van der Waals surface area (Å²) in [6.45, 7) is 0.421. The van der Waals surface area contributed by atoms with E-state index < -0.39 is 5.97 Å². The Morgan fingerprint density at radius 3 is 2.85 bits per heavy atom. The Balaban J connectivity index is 1.94. The van der Waals surface area contributed by atoms with Crippen LogP contribution in [0.25, 0.3) is 11.3 Å². The highest BCUT2D eigenvalue weighted by Crippen LogP contribution is 2.24. The summed E-state index contributed by atoms with van der Waals surface area (Å²) in [4.78, 5) is 15.1. The fraction of sp³-hybridized carbons (Fsp3) is 0.286. The number of ether oxygens (including phenoxy) is 1. The zero-order valence-corrected chi connectivity index (χ0v) is 11.9. The first-order valence-electron chi connectivity index (χ1n) is 6.18. The number of nitrogens with one attached hydrogen (secondary N) is 1. The standard InChI is InChI=1S/C14H16N2O3S/c1-19-11(7-13(17)18)8-15-14-16-12(9-20-14)10-5-3-2-4-6-10/h2-6,9,11H,7-8H2,1H3,(H,15,16)(H,17,18). The molecular formula is C14H16N2O3S. The third kappa shape index (κ3) is 4.04. The number of carboxylic acid groups (broad SMARTS) is 1. The second-order valence-corrected chi connectivity index (χ2v) is 5.10. The Bertz CT molecular complexity index is 557. The number of hydrogen-bond acceptors (Lipinski definition) is 5. The quantitative estimate of drug-likeness (QED) is 0.821. The van der Waals surface area contributed by atoms with Crippen LogP contribution in [0.4, 0.5) is 5.13 Å². The van der Waals surface area contributed by atoms with E-state index in [4.69, 9.17) is 9.84 Å². The summed E-state index contributed by atoms with van der Waals surface area (Å²) >= 11 is 1.49.